The highest BCUT2D eigenvalue weighted by Gasteiger charge is 2.32. The van der Waals surface area contributed by atoms with E-state index in [1.54, 1.807) is 0 Å². The van der Waals surface area contributed by atoms with Crippen molar-refractivity contribution in [2.45, 2.75) is 32.5 Å². The van der Waals surface area contributed by atoms with Gasteiger partial charge in [0.1, 0.15) is 5.69 Å². The SMILES string of the molecule is CC(C)n1nnc(NC(=O)Cc2cccc(C(F)(F)F)n2)n1. The summed E-state index contributed by atoms with van der Waals surface area (Å²) in [5, 5.41) is 13.6. The second-order valence-electron chi connectivity index (χ2n) is 4.76. The Morgan fingerprint density at radius 3 is 2.68 bits per heavy atom. The predicted octanol–water partition coefficient (Wildman–Crippen LogP) is 1.85. The maximum Gasteiger partial charge on any atom is 0.433 e. The van der Waals surface area contributed by atoms with E-state index in [1.807, 2.05) is 13.8 Å². The molecule has 0 radical (unpaired) electrons. The van der Waals surface area contributed by atoms with Crippen molar-refractivity contribution in [1.82, 2.24) is 25.2 Å². The van der Waals surface area contributed by atoms with Crippen LogP contribution in [0, 0.1) is 0 Å². The van der Waals surface area contributed by atoms with Crippen molar-refractivity contribution >= 4 is 11.9 Å². The molecule has 0 aliphatic rings. The Hall–Kier alpha value is -2.52. The minimum atomic E-state index is -4.55. The molecule has 0 saturated heterocycles. The van der Waals surface area contributed by atoms with Crippen LogP contribution in [0.2, 0.25) is 0 Å². The Balaban J connectivity index is 2.02. The zero-order chi connectivity index (χ0) is 16.3. The van der Waals surface area contributed by atoms with Gasteiger partial charge in [-0.15, -0.1) is 5.10 Å². The number of anilines is 1. The monoisotopic (exact) mass is 314 g/mol. The summed E-state index contributed by atoms with van der Waals surface area (Å²) in [5.74, 6) is -0.583. The predicted molar refractivity (Wildman–Crippen MR) is 69.8 cm³/mol. The molecule has 0 unspecified atom stereocenters. The Kier molecular flexibility index (Phi) is 4.38. The molecule has 2 heterocycles. The maximum atomic E-state index is 12.5. The molecular formula is C12H13F3N6O. The van der Waals surface area contributed by atoms with E-state index in [-0.39, 0.29) is 24.1 Å². The van der Waals surface area contributed by atoms with E-state index in [0.29, 0.717) is 0 Å². The van der Waals surface area contributed by atoms with Gasteiger partial charge in [0.25, 0.3) is 5.95 Å². The second-order valence-corrected chi connectivity index (χ2v) is 4.76. The molecular weight excluding hydrogens is 301 g/mol. The van der Waals surface area contributed by atoms with Gasteiger partial charge in [0, 0.05) is 0 Å². The first-order chi connectivity index (χ1) is 10.3. The molecule has 0 bridgehead atoms. The molecule has 0 aliphatic carbocycles. The molecule has 7 nitrogen and oxygen atoms in total. The van der Waals surface area contributed by atoms with E-state index >= 15 is 0 Å². The average Bonchev–Trinajstić information content (AvgIpc) is 2.86. The van der Waals surface area contributed by atoms with Crippen molar-refractivity contribution in [3.8, 4) is 0 Å². The number of amides is 1. The summed E-state index contributed by atoms with van der Waals surface area (Å²) in [6, 6.07) is 3.36. The van der Waals surface area contributed by atoms with Crippen molar-refractivity contribution in [3.63, 3.8) is 0 Å². The van der Waals surface area contributed by atoms with Gasteiger partial charge in [-0.25, -0.2) is 4.98 Å². The second kappa shape index (κ2) is 6.08. The van der Waals surface area contributed by atoms with E-state index < -0.39 is 17.8 Å². The van der Waals surface area contributed by atoms with Crippen molar-refractivity contribution < 1.29 is 18.0 Å². The third-order valence-electron chi connectivity index (χ3n) is 2.58. The lowest BCUT2D eigenvalue weighted by Gasteiger charge is -2.07. The van der Waals surface area contributed by atoms with Crippen LogP contribution in [0.3, 0.4) is 0 Å². The quantitative estimate of drug-likeness (QED) is 0.931. The molecule has 118 valence electrons. The van der Waals surface area contributed by atoms with Crippen LogP contribution >= 0.6 is 0 Å². The highest BCUT2D eigenvalue weighted by atomic mass is 19.4. The molecule has 0 atom stereocenters. The molecule has 2 aromatic heterocycles. The lowest BCUT2D eigenvalue weighted by atomic mass is 10.2. The zero-order valence-corrected chi connectivity index (χ0v) is 11.8. The first kappa shape index (κ1) is 15.9. The molecule has 0 saturated carbocycles. The molecule has 0 aromatic carbocycles. The molecule has 2 rings (SSSR count). The minimum absolute atomic E-state index is 0.00331. The first-order valence-electron chi connectivity index (χ1n) is 6.38. The molecule has 1 N–H and O–H groups in total. The third kappa shape index (κ3) is 3.99. The van der Waals surface area contributed by atoms with E-state index in [1.165, 1.54) is 16.9 Å². The fourth-order valence-corrected chi connectivity index (χ4v) is 1.56. The molecule has 10 heteroatoms. The highest BCUT2D eigenvalue weighted by Crippen LogP contribution is 2.27. The summed E-state index contributed by atoms with van der Waals surface area (Å²) in [6.07, 6.45) is -4.87. The Bertz CT molecular complexity index is 667. The van der Waals surface area contributed by atoms with E-state index in [0.717, 1.165) is 6.07 Å². The number of nitrogens with one attached hydrogen (secondary N) is 1. The number of rotatable bonds is 4. The van der Waals surface area contributed by atoms with Crippen LogP contribution in [-0.2, 0) is 17.4 Å². The smallest absolute Gasteiger partial charge is 0.292 e. The summed E-state index contributed by atoms with van der Waals surface area (Å²) in [5.41, 5.74) is -1.04. The lowest BCUT2D eigenvalue weighted by molar-refractivity contribution is -0.141. The number of hydrogen-bond donors (Lipinski definition) is 1. The zero-order valence-electron chi connectivity index (χ0n) is 11.8. The van der Waals surface area contributed by atoms with Gasteiger partial charge in [0.2, 0.25) is 5.91 Å². The molecule has 0 spiro atoms. The number of tetrazole rings is 1. The molecule has 0 fully saturated rings. The van der Waals surface area contributed by atoms with Crippen molar-refractivity contribution in [2.75, 3.05) is 5.32 Å². The van der Waals surface area contributed by atoms with E-state index in [9.17, 15) is 18.0 Å². The number of halogens is 3. The molecule has 2 aromatic rings. The number of alkyl halides is 3. The Morgan fingerprint density at radius 2 is 2.09 bits per heavy atom. The summed E-state index contributed by atoms with van der Waals surface area (Å²) in [7, 11) is 0. The van der Waals surface area contributed by atoms with Crippen molar-refractivity contribution in [2.24, 2.45) is 0 Å². The number of pyridine rings is 1. The van der Waals surface area contributed by atoms with Gasteiger partial charge >= 0.3 is 6.18 Å². The fraction of sp³-hybridized carbons (Fsp3) is 0.417. The number of hydrogen-bond acceptors (Lipinski definition) is 5. The molecule has 22 heavy (non-hydrogen) atoms. The number of nitrogens with zero attached hydrogens (tertiary/aromatic N) is 5. The van der Waals surface area contributed by atoms with Crippen molar-refractivity contribution in [3.05, 3.63) is 29.6 Å². The largest absolute Gasteiger partial charge is 0.433 e. The fourth-order valence-electron chi connectivity index (χ4n) is 1.56. The molecule has 1 amide bonds. The normalized spacial score (nSPS) is 11.7. The lowest BCUT2D eigenvalue weighted by Crippen LogP contribution is -2.18. The third-order valence-corrected chi connectivity index (χ3v) is 2.58. The van der Waals surface area contributed by atoms with Crippen LogP contribution in [0.15, 0.2) is 18.2 Å². The first-order valence-corrected chi connectivity index (χ1v) is 6.38. The van der Waals surface area contributed by atoms with Crippen LogP contribution in [-0.4, -0.2) is 31.1 Å². The van der Waals surface area contributed by atoms with Gasteiger partial charge in [0.05, 0.1) is 18.2 Å². The van der Waals surface area contributed by atoms with Crippen LogP contribution in [0.1, 0.15) is 31.3 Å². The van der Waals surface area contributed by atoms with Gasteiger partial charge in [-0.1, -0.05) is 11.2 Å². The summed E-state index contributed by atoms with van der Waals surface area (Å²) in [6.45, 7) is 3.67. The Morgan fingerprint density at radius 1 is 1.36 bits per heavy atom. The maximum absolute atomic E-state index is 12.5. The van der Waals surface area contributed by atoms with Crippen molar-refractivity contribution in [1.29, 1.82) is 0 Å². The number of carbonyl (C=O) groups excluding carboxylic acids is 1. The standard InChI is InChI=1S/C12H13F3N6O/c1-7(2)21-19-11(18-20-21)17-10(22)6-8-4-3-5-9(16-8)12(13,14)15/h3-5,7H,6H2,1-2H3,(H,17,19,22). The summed E-state index contributed by atoms with van der Waals surface area (Å²) in [4.78, 5) is 16.5. The van der Waals surface area contributed by atoms with Gasteiger partial charge in [-0.3, -0.25) is 10.1 Å². The summed E-state index contributed by atoms with van der Waals surface area (Å²) < 4.78 is 37.6. The van der Waals surface area contributed by atoms with Crippen LogP contribution in [0.25, 0.3) is 0 Å². The average molecular weight is 314 g/mol. The minimum Gasteiger partial charge on any atom is -0.292 e. The van der Waals surface area contributed by atoms with Crippen LogP contribution < -0.4 is 5.32 Å². The summed E-state index contributed by atoms with van der Waals surface area (Å²) >= 11 is 0. The van der Waals surface area contributed by atoms with Gasteiger partial charge < -0.3 is 0 Å². The van der Waals surface area contributed by atoms with Gasteiger partial charge in [0.15, 0.2) is 0 Å². The van der Waals surface area contributed by atoms with Gasteiger partial charge in [-0.2, -0.15) is 18.0 Å². The van der Waals surface area contributed by atoms with E-state index in [2.05, 4.69) is 25.7 Å². The van der Waals surface area contributed by atoms with Crippen LogP contribution in [0.4, 0.5) is 19.1 Å². The Labute approximate surface area is 123 Å². The van der Waals surface area contributed by atoms with E-state index in [4.69, 9.17) is 0 Å². The molecule has 0 aliphatic heterocycles. The number of carbonyl (C=O) groups is 1. The van der Waals surface area contributed by atoms with Crippen LogP contribution in [0.5, 0.6) is 0 Å². The highest BCUT2D eigenvalue weighted by molar-refractivity contribution is 5.90. The number of aromatic nitrogens is 5. The topological polar surface area (TPSA) is 85.6 Å². The van der Waals surface area contributed by atoms with Gasteiger partial charge in [-0.05, 0) is 31.2 Å².